The second-order valence-corrected chi connectivity index (χ2v) is 4.05. The molecule has 0 fully saturated rings. The molecule has 4 rings (SSSR count). The fourth-order valence-electron chi connectivity index (χ4n) is 1.84. The van der Waals surface area contributed by atoms with Gasteiger partial charge in [0.25, 0.3) is 0 Å². The van der Waals surface area contributed by atoms with Crippen molar-refractivity contribution in [3.63, 3.8) is 0 Å². The molecule has 0 spiro atoms. The molecule has 0 aromatic carbocycles. The van der Waals surface area contributed by atoms with Crippen LogP contribution in [0.25, 0.3) is 33.6 Å². The Labute approximate surface area is 112 Å². The van der Waals surface area contributed by atoms with Crippen LogP contribution in [0.15, 0.2) is 36.8 Å². The number of nitrogens with zero attached hydrogens (tertiary/aromatic N) is 8. The van der Waals surface area contributed by atoms with Crippen molar-refractivity contribution in [1.82, 2.24) is 40.6 Å². The quantitative estimate of drug-likeness (QED) is 0.496. The number of aromatic nitrogens is 8. The summed E-state index contributed by atoms with van der Waals surface area (Å²) in [6.45, 7) is 0. The molecule has 0 N–H and O–H groups in total. The van der Waals surface area contributed by atoms with Crippen LogP contribution >= 0.6 is 0 Å². The second kappa shape index (κ2) is 4.19. The van der Waals surface area contributed by atoms with E-state index in [0.717, 1.165) is 10.9 Å². The molecule has 0 unspecified atom stereocenters. The fourth-order valence-corrected chi connectivity index (χ4v) is 1.84. The number of fused-ring (bicyclic) bond motifs is 2. The largest absolute Gasteiger partial charge is 0.234 e. The minimum Gasteiger partial charge on any atom is -0.234 e. The maximum absolute atomic E-state index is 4.42. The highest BCUT2D eigenvalue weighted by Crippen LogP contribution is 2.18. The zero-order chi connectivity index (χ0) is 13.4. The van der Waals surface area contributed by atoms with Gasteiger partial charge < -0.3 is 0 Å². The van der Waals surface area contributed by atoms with Crippen LogP contribution < -0.4 is 0 Å². The van der Waals surface area contributed by atoms with Crippen molar-refractivity contribution in [1.29, 1.82) is 0 Å². The van der Waals surface area contributed by atoms with Crippen molar-refractivity contribution in [3.8, 4) is 11.4 Å². The molecule has 0 aliphatic carbocycles. The third-order valence-electron chi connectivity index (χ3n) is 2.77. The van der Waals surface area contributed by atoms with E-state index in [1.165, 1.54) is 0 Å². The van der Waals surface area contributed by atoms with Crippen molar-refractivity contribution in [2.24, 2.45) is 0 Å². The molecule has 0 atom stereocenters. The zero-order valence-corrected chi connectivity index (χ0v) is 10.0. The molecule has 4 aromatic rings. The lowest BCUT2D eigenvalue weighted by molar-refractivity contribution is 0.885. The Kier molecular flexibility index (Phi) is 2.25. The first-order valence-corrected chi connectivity index (χ1v) is 5.80. The Morgan fingerprint density at radius 3 is 2.90 bits per heavy atom. The van der Waals surface area contributed by atoms with Crippen LogP contribution in [0.5, 0.6) is 0 Å². The first-order chi connectivity index (χ1) is 9.90. The minimum atomic E-state index is 0.483. The predicted molar refractivity (Wildman–Crippen MR) is 69.2 cm³/mol. The highest BCUT2D eigenvalue weighted by Gasteiger charge is 2.07. The monoisotopic (exact) mass is 262 g/mol. The molecular weight excluding hydrogens is 256 g/mol. The van der Waals surface area contributed by atoms with Gasteiger partial charge in [-0.25, -0.2) is 15.0 Å². The van der Waals surface area contributed by atoms with Crippen LogP contribution in [0.4, 0.5) is 0 Å². The van der Waals surface area contributed by atoms with Gasteiger partial charge in [0.2, 0.25) is 0 Å². The summed E-state index contributed by atoms with van der Waals surface area (Å²) < 4.78 is 0. The highest BCUT2D eigenvalue weighted by atomic mass is 15.3. The summed E-state index contributed by atoms with van der Waals surface area (Å²) in [5.41, 5.74) is 2.46. The number of hydrogen-bond donors (Lipinski definition) is 0. The lowest BCUT2D eigenvalue weighted by atomic mass is 10.2. The number of pyridine rings is 2. The fraction of sp³-hybridized carbons (Fsp3) is 0. The summed E-state index contributed by atoms with van der Waals surface area (Å²) in [6.07, 6.45) is 4.88. The van der Waals surface area contributed by atoms with E-state index in [1.54, 1.807) is 24.7 Å². The second-order valence-electron chi connectivity index (χ2n) is 4.05. The van der Waals surface area contributed by atoms with Gasteiger partial charge in [-0.1, -0.05) is 0 Å². The maximum atomic E-state index is 4.42. The SMILES string of the molecule is c1cnc2nnc(-c3cnc4nnncc4c3)nc2c1. The minimum absolute atomic E-state index is 0.483. The first-order valence-electron chi connectivity index (χ1n) is 5.80. The van der Waals surface area contributed by atoms with E-state index < -0.39 is 0 Å². The van der Waals surface area contributed by atoms with E-state index >= 15 is 0 Å². The van der Waals surface area contributed by atoms with Crippen molar-refractivity contribution in [2.45, 2.75) is 0 Å². The van der Waals surface area contributed by atoms with Gasteiger partial charge in [-0.05, 0) is 23.4 Å². The van der Waals surface area contributed by atoms with Crippen molar-refractivity contribution >= 4 is 22.2 Å². The van der Waals surface area contributed by atoms with Gasteiger partial charge in [0.1, 0.15) is 5.52 Å². The Morgan fingerprint density at radius 1 is 0.900 bits per heavy atom. The lowest BCUT2D eigenvalue weighted by Gasteiger charge is -2.01. The average molecular weight is 262 g/mol. The van der Waals surface area contributed by atoms with Crippen LogP contribution in [0.2, 0.25) is 0 Å². The molecule has 0 bridgehead atoms. The molecule has 8 nitrogen and oxygen atoms in total. The number of hydrogen-bond acceptors (Lipinski definition) is 8. The van der Waals surface area contributed by atoms with Gasteiger partial charge in [-0.2, -0.15) is 0 Å². The molecule has 20 heavy (non-hydrogen) atoms. The molecule has 4 aromatic heterocycles. The Bertz CT molecular complexity index is 846. The van der Waals surface area contributed by atoms with Gasteiger partial charge in [0, 0.05) is 23.3 Å². The van der Waals surface area contributed by atoms with Gasteiger partial charge >= 0.3 is 0 Å². The lowest BCUT2D eigenvalue weighted by Crippen LogP contribution is -1.97. The molecule has 4 heterocycles. The van der Waals surface area contributed by atoms with Gasteiger partial charge in [-0.15, -0.1) is 20.4 Å². The van der Waals surface area contributed by atoms with Crippen molar-refractivity contribution in [3.05, 3.63) is 36.8 Å². The van der Waals surface area contributed by atoms with E-state index in [2.05, 4.69) is 40.6 Å². The maximum Gasteiger partial charge on any atom is 0.200 e. The van der Waals surface area contributed by atoms with Crippen LogP contribution in [-0.2, 0) is 0 Å². The molecular formula is C12H6N8. The van der Waals surface area contributed by atoms with E-state index in [1.807, 2.05) is 12.1 Å². The molecule has 0 aliphatic rings. The summed E-state index contributed by atoms with van der Waals surface area (Å²) >= 11 is 0. The Morgan fingerprint density at radius 2 is 1.90 bits per heavy atom. The van der Waals surface area contributed by atoms with E-state index in [-0.39, 0.29) is 0 Å². The van der Waals surface area contributed by atoms with Crippen LogP contribution in [0, 0.1) is 0 Å². The van der Waals surface area contributed by atoms with Crippen LogP contribution in [-0.4, -0.2) is 40.6 Å². The Hall–Kier alpha value is -3.16. The summed E-state index contributed by atoms with van der Waals surface area (Å²) in [7, 11) is 0. The highest BCUT2D eigenvalue weighted by molar-refractivity contribution is 5.79. The average Bonchev–Trinajstić information content (AvgIpc) is 2.54. The molecule has 0 aliphatic heterocycles. The molecule has 0 saturated heterocycles. The topological polar surface area (TPSA) is 103 Å². The molecule has 94 valence electrons. The van der Waals surface area contributed by atoms with Gasteiger partial charge in [0.15, 0.2) is 17.1 Å². The Balaban J connectivity index is 1.91. The summed E-state index contributed by atoms with van der Waals surface area (Å²) in [5, 5.41) is 20.0. The smallest absolute Gasteiger partial charge is 0.200 e. The predicted octanol–water partition coefficient (Wildman–Crippen LogP) is 0.820. The number of rotatable bonds is 1. The normalized spacial score (nSPS) is 11.0. The van der Waals surface area contributed by atoms with Crippen LogP contribution in [0.3, 0.4) is 0 Å². The first kappa shape index (κ1) is 10.7. The summed E-state index contributed by atoms with van der Waals surface area (Å²) in [6, 6.07) is 5.49. The van der Waals surface area contributed by atoms with Gasteiger partial charge in [0.05, 0.1) is 6.20 Å². The zero-order valence-electron chi connectivity index (χ0n) is 10.0. The van der Waals surface area contributed by atoms with Crippen molar-refractivity contribution in [2.75, 3.05) is 0 Å². The molecule has 0 amide bonds. The third-order valence-corrected chi connectivity index (χ3v) is 2.77. The standard InChI is InChI=1S/C12H6N8/c1-2-9-12(13-3-1)18-17-11(16-9)7-4-8-6-15-20-19-10(8)14-5-7/h1-6H. The van der Waals surface area contributed by atoms with Gasteiger partial charge in [-0.3, -0.25) is 0 Å². The molecule has 8 heteroatoms. The molecule has 0 saturated carbocycles. The van der Waals surface area contributed by atoms with E-state index in [9.17, 15) is 0 Å². The van der Waals surface area contributed by atoms with Crippen molar-refractivity contribution < 1.29 is 0 Å². The third kappa shape index (κ3) is 1.70. The summed E-state index contributed by atoms with van der Waals surface area (Å²) in [5.74, 6) is 0.483. The molecule has 0 radical (unpaired) electrons. The van der Waals surface area contributed by atoms with Crippen LogP contribution in [0.1, 0.15) is 0 Å². The van der Waals surface area contributed by atoms with E-state index in [4.69, 9.17) is 0 Å². The van der Waals surface area contributed by atoms with E-state index in [0.29, 0.717) is 22.6 Å². The summed E-state index contributed by atoms with van der Waals surface area (Å²) in [4.78, 5) is 12.7.